The van der Waals surface area contributed by atoms with Crippen molar-refractivity contribution in [2.75, 3.05) is 0 Å². The maximum Gasteiger partial charge on any atom is 0.183 e. The molecule has 0 aromatic carbocycles. The van der Waals surface area contributed by atoms with E-state index in [1.807, 2.05) is 13.8 Å². The summed E-state index contributed by atoms with van der Waals surface area (Å²) < 4.78 is 5.33. The van der Waals surface area contributed by atoms with Crippen LogP contribution in [0.4, 0.5) is 0 Å². The summed E-state index contributed by atoms with van der Waals surface area (Å²) in [6.45, 7) is 5.26. The van der Waals surface area contributed by atoms with Gasteiger partial charge in [-0.1, -0.05) is 0 Å². The van der Waals surface area contributed by atoms with Crippen molar-refractivity contribution in [3.05, 3.63) is 11.9 Å². The highest BCUT2D eigenvalue weighted by Gasteiger charge is 2.11. The summed E-state index contributed by atoms with van der Waals surface area (Å²) in [4.78, 5) is 10.9. The van der Waals surface area contributed by atoms with Crippen LogP contribution in [0.3, 0.4) is 0 Å². The summed E-state index contributed by atoms with van der Waals surface area (Å²) in [6, 6.07) is 0. The zero-order valence-electron chi connectivity index (χ0n) is 7.42. The fourth-order valence-electron chi connectivity index (χ4n) is 0.875. The molecule has 0 amide bonds. The molecule has 0 saturated carbocycles. The summed E-state index contributed by atoms with van der Waals surface area (Å²) >= 11 is 0. The third-order valence-electron chi connectivity index (χ3n) is 1.30. The number of aromatic nitrogens is 2. The standard InChI is InChI=1S/C8H12N2O2/c1-5(2)12-7-4-9-10-8(7)6(3)11/h4-5H,1-3H3,(H,9,10). The molecular weight excluding hydrogens is 156 g/mol. The topological polar surface area (TPSA) is 55.0 Å². The Labute approximate surface area is 70.9 Å². The number of ether oxygens (including phenoxy) is 1. The number of aromatic amines is 1. The number of hydrogen-bond donors (Lipinski definition) is 1. The van der Waals surface area contributed by atoms with E-state index < -0.39 is 0 Å². The maximum atomic E-state index is 10.9. The number of nitrogens with zero attached hydrogens (tertiary/aromatic N) is 1. The van der Waals surface area contributed by atoms with Gasteiger partial charge >= 0.3 is 0 Å². The molecule has 12 heavy (non-hydrogen) atoms. The zero-order valence-corrected chi connectivity index (χ0v) is 7.42. The van der Waals surface area contributed by atoms with Gasteiger partial charge < -0.3 is 4.74 Å². The van der Waals surface area contributed by atoms with Crippen LogP contribution >= 0.6 is 0 Å². The van der Waals surface area contributed by atoms with Crippen LogP contribution < -0.4 is 4.74 Å². The molecule has 0 bridgehead atoms. The van der Waals surface area contributed by atoms with Crippen LogP contribution in [0.5, 0.6) is 5.75 Å². The first-order valence-electron chi connectivity index (χ1n) is 3.82. The van der Waals surface area contributed by atoms with Crippen LogP contribution in [0, 0.1) is 0 Å². The average molecular weight is 168 g/mol. The highest BCUT2D eigenvalue weighted by Crippen LogP contribution is 2.16. The van der Waals surface area contributed by atoms with E-state index in [-0.39, 0.29) is 11.9 Å². The SMILES string of the molecule is CC(=O)c1n[nH]cc1OC(C)C. The second-order valence-electron chi connectivity index (χ2n) is 2.82. The lowest BCUT2D eigenvalue weighted by atomic mass is 10.3. The van der Waals surface area contributed by atoms with Crippen molar-refractivity contribution in [1.82, 2.24) is 10.2 Å². The predicted octanol–water partition coefficient (Wildman–Crippen LogP) is 1.40. The second kappa shape index (κ2) is 3.38. The Balaban J connectivity index is 2.84. The largest absolute Gasteiger partial charge is 0.487 e. The Morgan fingerprint density at radius 1 is 1.67 bits per heavy atom. The summed E-state index contributed by atoms with van der Waals surface area (Å²) in [5, 5.41) is 6.36. The van der Waals surface area contributed by atoms with Gasteiger partial charge in [0, 0.05) is 6.92 Å². The van der Waals surface area contributed by atoms with Crippen LogP contribution in [0.1, 0.15) is 31.3 Å². The predicted molar refractivity (Wildman–Crippen MR) is 44.4 cm³/mol. The molecule has 1 aromatic heterocycles. The van der Waals surface area contributed by atoms with Gasteiger partial charge in [-0.2, -0.15) is 5.10 Å². The number of carbonyl (C=O) groups is 1. The van der Waals surface area contributed by atoms with Gasteiger partial charge in [0.2, 0.25) is 0 Å². The van der Waals surface area contributed by atoms with Crippen molar-refractivity contribution < 1.29 is 9.53 Å². The Hall–Kier alpha value is -1.32. The van der Waals surface area contributed by atoms with Crippen molar-refractivity contribution >= 4 is 5.78 Å². The molecule has 4 nitrogen and oxygen atoms in total. The number of H-pyrrole nitrogens is 1. The van der Waals surface area contributed by atoms with E-state index in [0.29, 0.717) is 11.4 Å². The lowest BCUT2D eigenvalue weighted by Crippen LogP contribution is -2.07. The molecule has 0 radical (unpaired) electrons. The number of ketones is 1. The van der Waals surface area contributed by atoms with Gasteiger partial charge in [-0.3, -0.25) is 9.89 Å². The molecule has 0 spiro atoms. The third-order valence-corrected chi connectivity index (χ3v) is 1.30. The first-order valence-corrected chi connectivity index (χ1v) is 3.82. The molecule has 0 saturated heterocycles. The van der Waals surface area contributed by atoms with Crippen LogP contribution in [0.25, 0.3) is 0 Å². The lowest BCUT2D eigenvalue weighted by Gasteiger charge is -2.07. The van der Waals surface area contributed by atoms with E-state index >= 15 is 0 Å². The van der Waals surface area contributed by atoms with Crippen LogP contribution in [-0.4, -0.2) is 22.1 Å². The van der Waals surface area contributed by atoms with Crippen molar-refractivity contribution in [1.29, 1.82) is 0 Å². The fourth-order valence-corrected chi connectivity index (χ4v) is 0.875. The van der Waals surface area contributed by atoms with Crippen LogP contribution in [-0.2, 0) is 0 Å². The first-order chi connectivity index (χ1) is 5.61. The van der Waals surface area contributed by atoms with Gasteiger partial charge in [0.05, 0.1) is 12.3 Å². The van der Waals surface area contributed by atoms with Crippen molar-refractivity contribution in [3.8, 4) is 5.75 Å². The number of Topliss-reactive ketones (excluding diaryl/α,β-unsaturated/α-hetero) is 1. The summed E-state index contributed by atoms with van der Waals surface area (Å²) in [6.07, 6.45) is 1.64. The molecule has 4 heteroatoms. The molecule has 0 aliphatic heterocycles. The molecule has 0 aliphatic carbocycles. The van der Waals surface area contributed by atoms with E-state index in [1.165, 1.54) is 6.92 Å². The first kappa shape index (κ1) is 8.77. The third kappa shape index (κ3) is 1.84. The minimum absolute atomic E-state index is 0.0562. The zero-order chi connectivity index (χ0) is 9.14. The average Bonchev–Trinajstić information content (AvgIpc) is 2.33. The van der Waals surface area contributed by atoms with Crippen molar-refractivity contribution in [2.24, 2.45) is 0 Å². The highest BCUT2D eigenvalue weighted by atomic mass is 16.5. The number of hydrogen-bond acceptors (Lipinski definition) is 3. The molecule has 0 atom stereocenters. The van der Waals surface area contributed by atoms with E-state index in [9.17, 15) is 4.79 Å². The molecule has 66 valence electrons. The van der Waals surface area contributed by atoms with E-state index in [0.717, 1.165) is 0 Å². The number of nitrogens with one attached hydrogen (secondary N) is 1. The van der Waals surface area contributed by atoms with Gasteiger partial charge in [-0.15, -0.1) is 0 Å². The minimum Gasteiger partial charge on any atom is -0.487 e. The summed E-state index contributed by atoms with van der Waals surface area (Å²) in [5.41, 5.74) is 0.365. The lowest BCUT2D eigenvalue weighted by molar-refractivity contribution is 0.100. The molecule has 1 N–H and O–H groups in total. The summed E-state index contributed by atoms with van der Waals surface area (Å²) in [5.74, 6) is 0.435. The number of rotatable bonds is 3. The molecule has 0 aliphatic rings. The van der Waals surface area contributed by atoms with Gasteiger partial charge in [-0.25, -0.2) is 0 Å². The molecule has 1 aromatic rings. The van der Waals surface area contributed by atoms with E-state index in [1.54, 1.807) is 6.20 Å². The quantitative estimate of drug-likeness (QED) is 0.694. The molecule has 0 unspecified atom stereocenters. The smallest absolute Gasteiger partial charge is 0.183 e. The van der Waals surface area contributed by atoms with Crippen molar-refractivity contribution in [3.63, 3.8) is 0 Å². The molecule has 0 fully saturated rings. The van der Waals surface area contributed by atoms with Gasteiger partial charge in [0.1, 0.15) is 0 Å². The van der Waals surface area contributed by atoms with Crippen molar-refractivity contribution in [2.45, 2.75) is 26.9 Å². The molecular formula is C8H12N2O2. The Morgan fingerprint density at radius 3 is 2.83 bits per heavy atom. The van der Waals surface area contributed by atoms with Crippen LogP contribution in [0.15, 0.2) is 6.20 Å². The monoisotopic (exact) mass is 168 g/mol. The Kier molecular flexibility index (Phi) is 2.47. The highest BCUT2D eigenvalue weighted by molar-refractivity contribution is 5.94. The summed E-state index contributed by atoms with van der Waals surface area (Å²) in [7, 11) is 0. The molecule has 1 rings (SSSR count). The van der Waals surface area contributed by atoms with E-state index in [4.69, 9.17) is 4.74 Å². The van der Waals surface area contributed by atoms with Gasteiger partial charge in [0.15, 0.2) is 17.2 Å². The number of carbonyl (C=O) groups excluding carboxylic acids is 1. The van der Waals surface area contributed by atoms with Gasteiger partial charge in [0.25, 0.3) is 0 Å². The van der Waals surface area contributed by atoms with Gasteiger partial charge in [-0.05, 0) is 13.8 Å². The minimum atomic E-state index is -0.0908. The van der Waals surface area contributed by atoms with Crippen LogP contribution in [0.2, 0.25) is 0 Å². The maximum absolute atomic E-state index is 10.9. The normalized spacial score (nSPS) is 10.3. The molecule has 1 heterocycles. The Bertz CT molecular complexity index is 278. The van der Waals surface area contributed by atoms with E-state index in [2.05, 4.69) is 10.2 Å². The Morgan fingerprint density at radius 2 is 2.33 bits per heavy atom. The fraction of sp³-hybridized carbons (Fsp3) is 0.500. The second-order valence-corrected chi connectivity index (χ2v) is 2.82.